The minimum Gasteiger partial charge on any atom is -0.352 e. The normalized spacial score (nSPS) is 21.7. The third kappa shape index (κ3) is 3.39. The molecule has 0 unspecified atom stereocenters. The summed E-state index contributed by atoms with van der Waals surface area (Å²) >= 11 is 0. The van der Waals surface area contributed by atoms with Gasteiger partial charge in [0.1, 0.15) is 5.82 Å². The Bertz CT molecular complexity index is 817. The molecule has 3 aliphatic rings. The van der Waals surface area contributed by atoms with Crippen molar-refractivity contribution in [2.45, 2.75) is 18.9 Å². The molecule has 5 rings (SSSR count). The molecule has 26 heavy (non-hydrogen) atoms. The van der Waals surface area contributed by atoms with Gasteiger partial charge in [0.05, 0.1) is 23.5 Å². The van der Waals surface area contributed by atoms with E-state index in [1.807, 2.05) is 18.2 Å². The molecular formula is C20H21N5O. The van der Waals surface area contributed by atoms with Crippen molar-refractivity contribution in [1.29, 1.82) is 5.26 Å². The van der Waals surface area contributed by atoms with Gasteiger partial charge in [0.2, 0.25) is 0 Å². The lowest BCUT2D eigenvalue weighted by Crippen LogP contribution is -2.38. The van der Waals surface area contributed by atoms with E-state index in [1.165, 1.54) is 25.9 Å². The summed E-state index contributed by atoms with van der Waals surface area (Å²) in [5.41, 5.74) is 1.73. The number of rotatable bonds is 3. The molecule has 0 aliphatic carbocycles. The van der Waals surface area contributed by atoms with Gasteiger partial charge in [0.25, 0.3) is 5.91 Å². The quantitative estimate of drug-likeness (QED) is 0.923. The average Bonchev–Trinajstić information content (AvgIpc) is 3.02. The maximum absolute atomic E-state index is 12.3. The van der Waals surface area contributed by atoms with Crippen LogP contribution in [0.1, 0.15) is 28.8 Å². The van der Waals surface area contributed by atoms with Crippen molar-refractivity contribution < 1.29 is 4.79 Å². The zero-order chi connectivity index (χ0) is 17.9. The van der Waals surface area contributed by atoms with Crippen LogP contribution in [0.3, 0.4) is 0 Å². The molecule has 3 saturated heterocycles. The summed E-state index contributed by atoms with van der Waals surface area (Å²) in [7, 11) is 0. The third-order valence-electron chi connectivity index (χ3n) is 5.23. The molecule has 0 saturated carbocycles. The number of carbonyl (C=O) groups is 1. The minimum atomic E-state index is -0.203. The van der Waals surface area contributed by atoms with Gasteiger partial charge in [0, 0.05) is 37.8 Å². The van der Waals surface area contributed by atoms with Crippen LogP contribution in [0, 0.1) is 11.3 Å². The molecule has 0 radical (unpaired) electrons. The van der Waals surface area contributed by atoms with Crippen LogP contribution >= 0.6 is 0 Å². The molecular weight excluding hydrogens is 326 g/mol. The van der Waals surface area contributed by atoms with Crippen LogP contribution in [0.4, 0.5) is 11.5 Å². The Balaban J connectivity index is 1.44. The van der Waals surface area contributed by atoms with Crippen molar-refractivity contribution >= 4 is 17.4 Å². The molecule has 0 atom stereocenters. The molecule has 1 amide bonds. The number of hydrogen-bond acceptors (Lipinski definition) is 5. The molecule has 1 aromatic heterocycles. The number of piperidine rings is 1. The highest BCUT2D eigenvalue weighted by Gasteiger charge is 2.29. The van der Waals surface area contributed by atoms with Gasteiger partial charge >= 0.3 is 0 Å². The van der Waals surface area contributed by atoms with E-state index in [0.29, 0.717) is 22.9 Å². The summed E-state index contributed by atoms with van der Waals surface area (Å²) in [6.45, 7) is 4.46. The number of anilines is 2. The second kappa shape index (κ2) is 7.14. The van der Waals surface area contributed by atoms with E-state index in [2.05, 4.69) is 20.1 Å². The molecule has 1 N–H and O–H groups in total. The smallest absolute Gasteiger partial charge is 0.255 e. The van der Waals surface area contributed by atoms with E-state index >= 15 is 0 Å². The average molecular weight is 347 g/mol. The maximum atomic E-state index is 12.3. The first-order valence-corrected chi connectivity index (χ1v) is 8.99. The topological polar surface area (TPSA) is 72.3 Å². The Morgan fingerprint density at radius 3 is 2.50 bits per heavy atom. The van der Waals surface area contributed by atoms with Gasteiger partial charge in [-0.15, -0.1) is 0 Å². The summed E-state index contributed by atoms with van der Waals surface area (Å²) in [5, 5.41) is 11.7. The van der Waals surface area contributed by atoms with Crippen molar-refractivity contribution in [3.8, 4) is 6.07 Å². The molecule has 3 aliphatic heterocycles. The summed E-state index contributed by atoms with van der Waals surface area (Å²) < 4.78 is 0. The maximum Gasteiger partial charge on any atom is 0.255 e. The highest BCUT2D eigenvalue weighted by Crippen LogP contribution is 2.26. The van der Waals surface area contributed by atoms with Gasteiger partial charge in [-0.05, 0) is 49.2 Å². The molecule has 3 fully saturated rings. The first kappa shape index (κ1) is 16.6. The molecule has 6 heteroatoms. The second-order valence-corrected chi connectivity index (χ2v) is 6.81. The van der Waals surface area contributed by atoms with Gasteiger partial charge in [-0.2, -0.15) is 5.26 Å². The molecule has 4 heterocycles. The van der Waals surface area contributed by atoms with Crippen LogP contribution in [-0.2, 0) is 0 Å². The van der Waals surface area contributed by atoms with Crippen molar-refractivity contribution in [2.24, 2.45) is 0 Å². The van der Waals surface area contributed by atoms with E-state index in [0.717, 1.165) is 18.9 Å². The van der Waals surface area contributed by atoms with E-state index in [-0.39, 0.29) is 5.91 Å². The van der Waals surface area contributed by atoms with Gasteiger partial charge in [-0.1, -0.05) is 0 Å². The first-order chi connectivity index (χ1) is 12.7. The largest absolute Gasteiger partial charge is 0.352 e. The summed E-state index contributed by atoms with van der Waals surface area (Å²) in [6.07, 6.45) is 4.10. The number of nitrogens with zero attached hydrogens (tertiary/aromatic N) is 4. The van der Waals surface area contributed by atoms with Crippen LogP contribution in [0.25, 0.3) is 0 Å². The van der Waals surface area contributed by atoms with Crippen molar-refractivity contribution in [3.05, 3.63) is 53.7 Å². The van der Waals surface area contributed by atoms with E-state index in [1.54, 1.807) is 30.5 Å². The summed E-state index contributed by atoms with van der Waals surface area (Å²) in [4.78, 5) is 21.8. The van der Waals surface area contributed by atoms with Crippen LogP contribution in [-0.4, -0.2) is 48.0 Å². The highest BCUT2D eigenvalue weighted by molar-refractivity contribution is 6.04. The SMILES string of the molecule is N#Cc1ccc(C(=O)Nc2ccc(N3CCN4CCC3CC4)nc2)cc1. The van der Waals surface area contributed by atoms with E-state index < -0.39 is 0 Å². The fourth-order valence-electron chi connectivity index (χ4n) is 3.72. The van der Waals surface area contributed by atoms with Crippen LogP contribution in [0.15, 0.2) is 42.6 Å². The Morgan fingerprint density at radius 1 is 1.08 bits per heavy atom. The van der Waals surface area contributed by atoms with Crippen LogP contribution in [0.5, 0.6) is 0 Å². The van der Waals surface area contributed by atoms with Crippen molar-refractivity contribution in [2.75, 3.05) is 36.4 Å². The lowest BCUT2D eigenvalue weighted by molar-refractivity contribution is 0.102. The molecule has 2 aromatic rings. The Hall–Kier alpha value is -2.91. The molecule has 1 aromatic carbocycles. The number of carbonyl (C=O) groups excluding carboxylic acids is 1. The first-order valence-electron chi connectivity index (χ1n) is 8.99. The molecule has 132 valence electrons. The Kier molecular flexibility index (Phi) is 4.55. The van der Waals surface area contributed by atoms with Crippen LogP contribution in [0.2, 0.25) is 0 Å². The summed E-state index contributed by atoms with van der Waals surface area (Å²) in [6, 6.07) is 13.1. The molecule has 6 nitrogen and oxygen atoms in total. The van der Waals surface area contributed by atoms with Gasteiger partial charge in [0.15, 0.2) is 0 Å². The number of pyridine rings is 1. The monoisotopic (exact) mass is 347 g/mol. The number of amides is 1. The van der Waals surface area contributed by atoms with Gasteiger partial charge in [-0.25, -0.2) is 4.98 Å². The van der Waals surface area contributed by atoms with Gasteiger partial charge < -0.3 is 15.1 Å². The number of fused-ring (bicyclic) bond motifs is 4. The fraction of sp³-hybridized carbons (Fsp3) is 0.350. The fourth-order valence-corrected chi connectivity index (χ4v) is 3.72. The predicted octanol–water partition coefficient (Wildman–Crippen LogP) is 2.49. The lowest BCUT2D eigenvalue weighted by Gasteiger charge is -2.32. The van der Waals surface area contributed by atoms with Crippen molar-refractivity contribution in [3.63, 3.8) is 0 Å². The Labute approximate surface area is 153 Å². The van der Waals surface area contributed by atoms with E-state index in [4.69, 9.17) is 5.26 Å². The zero-order valence-electron chi connectivity index (χ0n) is 14.6. The van der Waals surface area contributed by atoms with Crippen LogP contribution < -0.4 is 10.2 Å². The zero-order valence-corrected chi connectivity index (χ0v) is 14.6. The van der Waals surface area contributed by atoms with Crippen molar-refractivity contribution in [1.82, 2.24) is 9.88 Å². The lowest BCUT2D eigenvalue weighted by atomic mass is 10.1. The number of nitriles is 1. The third-order valence-corrected chi connectivity index (χ3v) is 5.23. The molecule has 2 bridgehead atoms. The molecule has 0 spiro atoms. The van der Waals surface area contributed by atoms with Gasteiger partial charge in [-0.3, -0.25) is 4.79 Å². The minimum absolute atomic E-state index is 0.203. The number of aromatic nitrogens is 1. The highest BCUT2D eigenvalue weighted by atomic mass is 16.1. The standard InChI is InChI=1S/C20H21N5O/c21-13-15-1-3-16(4-2-15)20(26)23-17-5-6-19(22-14-17)25-12-11-24-9-7-18(25)8-10-24/h1-6,14,18H,7-12H2,(H,23,26). The number of benzene rings is 1. The Morgan fingerprint density at radius 2 is 1.85 bits per heavy atom. The predicted molar refractivity (Wildman–Crippen MR) is 100 cm³/mol. The summed E-state index contributed by atoms with van der Waals surface area (Å²) in [5.74, 6) is 0.778. The number of nitrogens with one attached hydrogen (secondary N) is 1. The number of hydrogen-bond donors (Lipinski definition) is 1. The van der Waals surface area contributed by atoms with E-state index in [9.17, 15) is 4.79 Å². The second-order valence-electron chi connectivity index (χ2n) is 6.81.